The summed E-state index contributed by atoms with van der Waals surface area (Å²) in [5.74, 6) is 3.42. The van der Waals surface area contributed by atoms with E-state index in [0.717, 1.165) is 17.8 Å². The van der Waals surface area contributed by atoms with Gasteiger partial charge in [0.2, 0.25) is 0 Å². The molecule has 20 heavy (non-hydrogen) atoms. The van der Waals surface area contributed by atoms with Gasteiger partial charge in [0.05, 0.1) is 0 Å². The lowest BCUT2D eigenvalue weighted by Crippen LogP contribution is -2.00. The van der Waals surface area contributed by atoms with Crippen molar-refractivity contribution < 1.29 is 0 Å². The molecule has 0 rings (SSSR count). The van der Waals surface area contributed by atoms with Crippen molar-refractivity contribution in [2.24, 2.45) is 23.7 Å². The molecule has 0 amide bonds. The van der Waals surface area contributed by atoms with Crippen LogP contribution in [0.4, 0.5) is 0 Å². The fourth-order valence-electron chi connectivity index (χ4n) is 2.88. The first-order valence-corrected chi connectivity index (χ1v) is 9.08. The molecule has 0 saturated heterocycles. The Kier molecular flexibility index (Phi) is 12.3. The quantitative estimate of drug-likeness (QED) is 0.312. The maximum absolute atomic E-state index is 3.86. The average molecular weight is 281 g/mol. The summed E-state index contributed by atoms with van der Waals surface area (Å²) in [6.45, 7) is 15.7. The highest BCUT2D eigenvalue weighted by atomic mass is 14.1. The Balaban J connectivity index is 3.45. The van der Waals surface area contributed by atoms with Crippen molar-refractivity contribution in [2.45, 2.75) is 92.4 Å². The van der Waals surface area contributed by atoms with Crippen LogP contribution in [0.2, 0.25) is 0 Å². The molecule has 0 saturated carbocycles. The highest BCUT2D eigenvalue weighted by molar-refractivity contribution is 4.74. The van der Waals surface area contributed by atoms with Gasteiger partial charge in [-0.05, 0) is 30.1 Å². The molecule has 0 nitrogen and oxygen atoms in total. The summed E-state index contributed by atoms with van der Waals surface area (Å²) in [5.41, 5.74) is 0. The van der Waals surface area contributed by atoms with Gasteiger partial charge in [-0.25, -0.2) is 0 Å². The molecular weight excluding hydrogens is 240 g/mol. The van der Waals surface area contributed by atoms with Crippen molar-refractivity contribution in [1.29, 1.82) is 0 Å². The third kappa shape index (κ3) is 12.8. The van der Waals surface area contributed by atoms with Crippen molar-refractivity contribution in [3.8, 4) is 0 Å². The Morgan fingerprint density at radius 1 is 0.650 bits per heavy atom. The van der Waals surface area contributed by atoms with Crippen LogP contribution >= 0.6 is 0 Å². The average Bonchev–Trinajstić information content (AvgIpc) is 2.38. The molecule has 0 aliphatic carbocycles. The highest BCUT2D eigenvalue weighted by Crippen LogP contribution is 2.22. The van der Waals surface area contributed by atoms with Crippen molar-refractivity contribution in [1.82, 2.24) is 0 Å². The first kappa shape index (κ1) is 19.7. The van der Waals surface area contributed by atoms with Gasteiger partial charge in [0.25, 0.3) is 0 Å². The predicted molar refractivity (Wildman–Crippen MR) is 94.1 cm³/mol. The van der Waals surface area contributed by atoms with Gasteiger partial charge >= 0.3 is 0 Å². The minimum atomic E-state index is 0.697. The van der Waals surface area contributed by atoms with Gasteiger partial charge in [-0.15, -0.1) is 6.58 Å². The van der Waals surface area contributed by atoms with E-state index in [9.17, 15) is 0 Å². The lowest BCUT2D eigenvalue weighted by Gasteiger charge is -2.15. The zero-order valence-corrected chi connectivity index (χ0v) is 15.0. The fraction of sp³-hybridized carbons (Fsp3) is 0.900. The second-order valence-corrected chi connectivity index (χ2v) is 7.61. The normalized spacial score (nSPS) is 16.1. The molecule has 3 unspecified atom stereocenters. The summed E-state index contributed by atoms with van der Waals surface area (Å²) in [6.07, 6.45) is 14.7. The Labute approximate surface area is 129 Å². The largest absolute Gasteiger partial charge is 0.103 e. The van der Waals surface area contributed by atoms with Gasteiger partial charge in [-0.2, -0.15) is 0 Å². The first-order chi connectivity index (χ1) is 9.45. The molecule has 0 heteroatoms. The van der Waals surface area contributed by atoms with Crippen LogP contribution in [0.3, 0.4) is 0 Å². The SMILES string of the molecule is C=CC(C)CCCC(C)CCCC(C)CCCC(C)C. The minimum absolute atomic E-state index is 0.697. The monoisotopic (exact) mass is 280 g/mol. The third-order valence-electron chi connectivity index (χ3n) is 4.63. The number of hydrogen-bond donors (Lipinski definition) is 0. The van der Waals surface area contributed by atoms with E-state index in [4.69, 9.17) is 0 Å². The molecule has 0 spiro atoms. The molecule has 120 valence electrons. The Bertz CT molecular complexity index is 216. The van der Waals surface area contributed by atoms with E-state index >= 15 is 0 Å². The van der Waals surface area contributed by atoms with Gasteiger partial charge in [-0.1, -0.05) is 92.1 Å². The summed E-state index contributed by atoms with van der Waals surface area (Å²) < 4.78 is 0. The predicted octanol–water partition coefficient (Wildman–Crippen LogP) is 7.25. The lowest BCUT2D eigenvalue weighted by atomic mass is 9.91. The van der Waals surface area contributed by atoms with Crippen LogP contribution in [0.1, 0.15) is 92.4 Å². The Morgan fingerprint density at radius 2 is 1.05 bits per heavy atom. The van der Waals surface area contributed by atoms with Gasteiger partial charge in [0.15, 0.2) is 0 Å². The van der Waals surface area contributed by atoms with Crippen molar-refractivity contribution >= 4 is 0 Å². The lowest BCUT2D eigenvalue weighted by molar-refractivity contribution is 0.383. The van der Waals surface area contributed by atoms with Gasteiger partial charge in [0, 0.05) is 0 Å². The van der Waals surface area contributed by atoms with Crippen molar-refractivity contribution in [3.05, 3.63) is 12.7 Å². The summed E-state index contributed by atoms with van der Waals surface area (Å²) in [6, 6.07) is 0. The van der Waals surface area contributed by atoms with Crippen LogP contribution in [-0.4, -0.2) is 0 Å². The minimum Gasteiger partial charge on any atom is -0.103 e. The molecule has 0 aromatic rings. The number of allylic oxidation sites excluding steroid dienone is 1. The summed E-state index contributed by atoms with van der Waals surface area (Å²) in [5, 5.41) is 0. The second-order valence-electron chi connectivity index (χ2n) is 7.61. The molecule has 0 aliphatic heterocycles. The summed E-state index contributed by atoms with van der Waals surface area (Å²) >= 11 is 0. The van der Waals surface area contributed by atoms with Gasteiger partial charge < -0.3 is 0 Å². The van der Waals surface area contributed by atoms with Gasteiger partial charge in [0.1, 0.15) is 0 Å². The van der Waals surface area contributed by atoms with E-state index in [-0.39, 0.29) is 0 Å². The van der Waals surface area contributed by atoms with Crippen LogP contribution in [0.5, 0.6) is 0 Å². The number of hydrogen-bond acceptors (Lipinski definition) is 0. The highest BCUT2D eigenvalue weighted by Gasteiger charge is 2.07. The van der Waals surface area contributed by atoms with Crippen LogP contribution < -0.4 is 0 Å². The van der Waals surface area contributed by atoms with Crippen LogP contribution in [-0.2, 0) is 0 Å². The maximum atomic E-state index is 3.86. The summed E-state index contributed by atoms with van der Waals surface area (Å²) in [4.78, 5) is 0. The van der Waals surface area contributed by atoms with Crippen molar-refractivity contribution in [3.63, 3.8) is 0 Å². The van der Waals surface area contributed by atoms with Crippen molar-refractivity contribution in [2.75, 3.05) is 0 Å². The van der Waals surface area contributed by atoms with E-state index < -0.39 is 0 Å². The zero-order chi connectivity index (χ0) is 15.4. The van der Waals surface area contributed by atoms with Crippen LogP contribution in [0, 0.1) is 23.7 Å². The van der Waals surface area contributed by atoms with Crippen LogP contribution in [0.25, 0.3) is 0 Å². The molecule has 0 aromatic heterocycles. The third-order valence-corrected chi connectivity index (χ3v) is 4.63. The molecule has 0 N–H and O–H groups in total. The second kappa shape index (κ2) is 12.5. The molecule has 0 aromatic carbocycles. The first-order valence-electron chi connectivity index (χ1n) is 9.08. The standard InChI is InChI=1S/C20H40/c1-7-18(4)12-9-14-20(6)16-10-15-19(5)13-8-11-17(2)3/h7,17-20H,1,8-16H2,2-6H3. The van der Waals surface area contributed by atoms with Gasteiger partial charge in [-0.3, -0.25) is 0 Å². The molecule has 0 aliphatic rings. The Morgan fingerprint density at radius 3 is 1.45 bits per heavy atom. The summed E-state index contributed by atoms with van der Waals surface area (Å²) in [7, 11) is 0. The topological polar surface area (TPSA) is 0 Å². The fourth-order valence-corrected chi connectivity index (χ4v) is 2.88. The van der Waals surface area contributed by atoms with E-state index in [2.05, 4.69) is 47.3 Å². The molecule has 0 bridgehead atoms. The van der Waals surface area contributed by atoms with E-state index in [1.807, 2.05) is 0 Å². The molecule has 3 atom stereocenters. The smallest absolute Gasteiger partial charge is 0.0265 e. The maximum Gasteiger partial charge on any atom is -0.0265 e. The van der Waals surface area contributed by atoms with Crippen LogP contribution in [0.15, 0.2) is 12.7 Å². The molecule has 0 heterocycles. The zero-order valence-electron chi connectivity index (χ0n) is 15.0. The molecule has 0 fully saturated rings. The molecular formula is C20H40. The van der Waals surface area contributed by atoms with E-state index in [1.165, 1.54) is 57.8 Å². The Hall–Kier alpha value is -0.260. The molecule has 0 radical (unpaired) electrons. The number of rotatable bonds is 13. The van der Waals surface area contributed by atoms with E-state index in [0.29, 0.717) is 5.92 Å². The van der Waals surface area contributed by atoms with E-state index in [1.54, 1.807) is 0 Å².